The fourth-order valence-corrected chi connectivity index (χ4v) is 1.32. The highest BCUT2D eigenvalue weighted by Gasteiger charge is 1.94. The van der Waals surface area contributed by atoms with Crippen LogP contribution in [0.15, 0.2) is 30.3 Å². The second kappa shape index (κ2) is 3.73. The highest BCUT2D eigenvalue weighted by Crippen LogP contribution is 2.05. The molecule has 0 aliphatic heterocycles. The van der Waals surface area contributed by atoms with E-state index in [9.17, 15) is 0 Å². The van der Waals surface area contributed by atoms with Gasteiger partial charge in [0.25, 0.3) is 0 Å². The van der Waals surface area contributed by atoms with E-state index in [2.05, 4.69) is 44.8 Å². The zero-order valence-corrected chi connectivity index (χ0v) is 7.67. The van der Waals surface area contributed by atoms with Crippen LogP contribution < -0.4 is 0 Å². The van der Waals surface area contributed by atoms with E-state index in [1.54, 1.807) is 0 Å². The van der Waals surface area contributed by atoms with Crippen LogP contribution in [0.25, 0.3) is 0 Å². The predicted octanol–water partition coefficient (Wildman–Crippen LogP) is 1.31. The fraction of sp³-hybridized carbons (Fsp3) is 0.250. The van der Waals surface area contributed by atoms with Gasteiger partial charge in [0.1, 0.15) is 0 Å². The van der Waals surface area contributed by atoms with Crippen LogP contribution in [-0.2, 0) is 6.42 Å². The van der Waals surface area contributed by atoms with Crippen molar-refractivity contribution in [3.63, 3.8) is 0 Å². The zero-order chi connectivity index (χ0) is 7.40. The molecule has 0 atom stereocenters. The van der Waals surface area contributed by atoms with Crippen LogP contribution in [0.4, 0.5) is 0 Å². The second-order valence-corrected chi connectivity index (χ2v) is 4.21. The molecule has 1 aromatic rings. The zero-order valence-electron chi connectivity index (χ0n) is 5.67. The molecule has 0 amide bonds. The normalized spacial score (nSPS) is 10.3. The Labute approximate surface area is 68.5 Å². The van der Waals surface area contributed by atoms with Crippen LogP contribution in [0.1, 0.15) is 5.56 Å². The molecule has 0 saturated heterocycles. The molecule has 48 valence electrons. The fourth-order valence-electron chi connectivity index (χ4n) is 0.850. The van der Waals surface area contributed by atoms with Gasteiger partial charge in [0, 0.05) is 20.5 Å². The lowest BCUT2D eigenvalue weighted by molar-refractivity contribution is 1.07. The predicted molar refractivity (Wildman–Crippen MR) is 45.4 cm³/mol. The molecule has 10 heavy (non-hydrogen) atoms. The maximum Gasteiger partial charge on any atom is 0.0223 e. The van der Waals surface area contributed by atoms with Crippen molar-refractivity contribution in [1.82, 2.24) is 0 Å². The average Bonchev–Trinajstić information content (AvgIpc) is 1.88. The van der Waals surface area contributed by atoms with Gasteiger partial charge in [0.15, 0.2) is 0 Å². The standard InChI is InChI=1S/C8H8Si2/c9-8(10)6-7-4-2-1-3-5-7/h1-5,8H,6H2. The molecule has 0 unspecified atom stereocenters. The van der Waals surface area contributed by atoms with Crippen molar-refractivity contribution in [2.45, 2.75) is 11.6 Å². The van der Waals surface area contributed by atoms with Gasteiger partial charge >= 0.3 is 0 Å². The Bertz CT molecular complexity index is 182. The Morgan fingerprint density at radius 1 is 1.10 bits per heavy atom. The molecule has 0 aliphatic carbocycles. The summed E-state index contributed by atoms with van der Waals surface area (Å²) in [4.78, 5) is 0. The third-order valence-corrected chi connectivity index (χ3v) is 1.69. The van der Waals surface area contributed by atoms with E-state index >= 15 is 0 Å². The Morgan fingerprint density at radius 3 is 2.20 bits per heavy atom. The smallest absolute Gasteiger partial charge is 0.0223 e. The highest BCUT2D eigenvalue weighted by atomic mass is 28.2. The summed E-state index contributed by atoms with van der Waals surface area (Å²) in [7, 11) is 6.94. The molecular weight excluding hydrogens is 152 g/mol. The summed E-state index contributed by atoms with van der Waals surface area (Å²) in [6.07, 6.45) is 1.02. The lowest BCUT2D eigenvalue weighted by Crippen LogP contribution is -1.95. The van der Waals surface area contributed by atoms with Crippen molar-refractivity contribution in [2.75, 3.05) is 0 Å². The summed E-state index contributed by atoms with van der Waals surface area (Å²) >= 11 is 0. The summed E-state index contributed by atoms with van der Waals surface area (Å²) < 4.78 is 0. The van der Waals surface area contributed by atoms with E-state index in [1.165, 1.54) is 5.56 Å². The maximum atomic E-state index is 3.47. The lowest BCUT2D eigenvalue weighted by atomic mass is 10.2. The topological polar surface area (TPSA) is 0 Å². The van der Waals surface area contributed by atoms with Crippen LogP contribution in [0.3, 0.4) is 0 Å². The molecule has 0 bridgehead atoms. The van der Waals surface area contributed by atoms with Gasteiger partial charge in [-0.25, -0.2) is 0 Å². The minimum atomic E-state index is 0.377. The van der Waals surface area contributed by atoms with E-state index < -0.39 is 0 Å². The largest absolute Gasteiger partial charge is 0.0622 e. The minimum absolute atomic E-state index is 0.377. The molecule has 6 radical (unpaired) electrons. The Kier molecular flexibility index (Phi) is 2.90. The SMILES string of the molecule is [Si]C([Si])Cc1ccccc1. The van der Waals surface area contributed by atoms with Gasteiger partial charge in [-0.3, -0.25) is 0 Å². The second-order valence-electron chi connectivity index (χ2n) is 2.24. The van der Waals surface area contributed by atoms with E-state index in [4.69, 9.17) is 0 Å². The van der Waals surface area contributed by atoms with Crippen molar-refractivity contribution < 1.29 is 0 Å². The van der Waals surface area contributed by atoms with Crippen LogP contribution in [0.2, 0.25) is 5.16 Å². The van der Waals surface area contributed by atoms with Crippen molar-refractivity contribution >= 4 is 20.5 Å². The molecule has 1 aromatic carbocycles. The van der Waals surface area contributed by atoms with Gasteiger partial charge < -0.3 is 0 Å². The Morgan fingerprint density at radius 2 is 1.70 bits per heavy atom. The Hall–Kier alpha value is -0.346. The van der Waals surface area contributed by atoms with Crippen LogP contribution in [0.5, 0.6) is 0 Å². The summed E-state index contributed by atoms with van der Waals surface area (Å²) in [5, 5.41) is 0.377. The first kappa shape index (κ1) is 7.76. The summed E-state index contributed by atoms with van der Waals surface area (Å²) in [5.41, 5.74) is 1.34. The summed E-state index contributed by atoms with van der Waals surface area (Å²) in [6.45, 7) is 0. The first-order valence-electron chi connectivity index (χ1n) is 3.25. The lowest BCUT2D eigenvalue weighted by Gasteiger charge is -2.02. The van der Waals surface area contributed by atoms with Crippen molar-refractivity contribution in [3.8, 4) is 0 Å². The monoisotopic (exact) mass is 160 g/mol. The number of rotatable bonds is 2. The van der Waals surface area contributed by atoms with Crippen molar-refractivity contribution in [1.29, 1.82) is 0 Å². The van der Waals surface area contributed by atoms with Crippen molar-refractivity contribution in [2.24, 2.45) is 0 Å². The summed E-state index contributed by atoms with van der Waals surface area (Å²) in [5.74, 6) is 0. The third kappa shape index (κ3) is 2.50. The third-order valence-electron chi connectivity index (χ3n) is 1.28. The van der Waals surface area contributed by atoms with Crippen molar-refractivity contribution in [3.05, 3.63) is 35.9 Å². The molecule has 1 rings (SSSR count). The molecule has 0 heterocycles. The number of hydrogen-bond acceptors (Lipinski definition) is 0. The van der Waals surface area contributed by atoms with Crippen LogP contribution >= 0.6 is 0 Å². The van der Waals surface area contributed by atoms with Gasteiger partial charge in [-0.05, 0) is 12.0 Å². The van der Waals surface area contributed by atoms with Gasteiger partial charge in [-0.15, -0.1) is 0 Å². The van der Waals surface area contributed by atoms with Crippen LogP contribution in [-0.4, -0.2) is 20.5 Å². The average molecular weight is 160 g/mol. The molecule has 0 fully saturated rings. The van der Waals surface area contributed by atoms with E-state index in [1.807, 2.05) is 6.07 Å². The van der Waals surface area contributed by atoms with E-state index in [0.717, 1.165) is 6.42 Å². The first-order valence-corrected chi connectivity index (χ1v) is 4.40. The first-order chi connectivity index (χ1) is 4.79. The molecule has 0 saturated carbocycles. The number of benzene rings is 1. The quantitative estimate of drug-likeness (QED) is 0.572. The molecule has 0 nitrogen and oxygen atoms in total. The summed E-state index contributed by atoms with van der Waals surface area (Å²) in [6, 6.07) is 10.4. The van der Waals surface area contributed by atoms with Gasteiger partial charge in [-0.1, -0.05) is 35.5 Å². The minimum Gasteiger partial charge on any atom is -0.0622 e. The molecular formula is C8H8Si2. The van der Waals surface area contributed by atoms with E-state index in [-0.39, 0.29) is 0 Å². The maximum absolute atomic E-state index is 3.47. The molecule has 0 spiro atoms. The van der Waals surface area contributed by atoms with Gasteiger partial charge in [-0.2, -0.15) is 0 Å². The molecule has 0 N–H and O–H groups in total. The van der Waals surface area contributed by atoms with Crippen LogP contribution in [0, 0.1) is 0 Å². The van der Waals surface area contributed by atoms with Gasteiger partial charge in [0.2, 0.25) is 0 Å². The molecule has 0 aromatic heterocycles. The number of hydrogen-bond donors (Lipinski definition) is 0. The van der Waals surface area contributed by atoms with E-state index in [0.29, 0.717) is 5.16 Å². The molecule has 2 heteroatoms. The Balaban J connectivity index is 2.59. The highest BCUT2D eigenvalue weighted by molar-refractivity contribution is 6.35. The molecule has 0 aliphatic rings. The van der Waals surface area contributed by atoms with Gasteiger partial charge in [0.05, 0.1) is 0 Å².